The molecule has 0 atom stereocenters. The maximum absolute atomic E-state index is 12.2. The SMILES string of the molecule is CCOC(=O)c1ccccc1Nc1cc(C)nc(Nc2ccc(C)c(Cl)c2)n1. The van der Waals surface area contributed by atoms with Gasteiger partial charge in [0.1, 0.15) is 5.82 Å². The maximum atomic E-state index is 12.2. The van der Waals surface area contributed by atoms with E-state index in [2.05, 4.69) is 20.6 Å². The van der Waals surface area contributed by atoms with Crippen LogP contribution in [0.1, 0.15) is 28.5 Å². The number of anilines is 4. The first-order valence-electron chi connectivity index (χ1n) is 8.88. The van der Waals surface area contributed by atoms with E-state index in [-0.39, 0.29) is 5.97 Å². The van der Waals surface area contributed by atoms with Crippen molar-refractivity contribution < 1.29 is 9.53 Å². The Kier molecular flexibility index (Phi) is 6.11. The molecule has 3 rings (SSSR count). The molecule has 0 fully saturated rings. The number of carbonyl (C=O) groups is 1. The summed E-state index contributed by atoms with van der Waals surface area (Å²) in [5.41, 5.74) is 3.62. The number of nitrogens with zero attached hydrogens (tertiary/aromatic N) is 2. The van der Waals surface area contributed by atoms with Crippen LogP contribution in [0.4, 0.5) is 23.1 Å². The van der Waals surface area contributed by atoms with E-state index in [0.717, 1.165) is 16.9 Å². The van der Waals surface area contributed by atoms with Gasteiger partial charge in [-0.15, -0.1) is 0 Å². The van der Waals surface area contributed by atoms with Crippen LogP contribution >= 0.6 is 11.6 Å². The first-order chi connectivity index (χ1) is 13.5. The second kappa shape index (κ2) is 8.71. The number of esters is 1. The fourth-order valence-corrected chi connectivity index (χ4v) is 2.79. The molecular weight excluding hydrogens is 376 g/mol. The summed E-state index contributed by atoms with van der Waals surface area (Å²) in [6.07, 6.45) is 0. The zero-order chi connectivity index (χ0) is 20.1. The van der Waals surface area contributed by atoms with E-state index in [9.17, 15) is 4.79 Å². The molecule has 0 spiro atoms. The lowest BCUT2D eigenvalue weighted by atomic mass is 10.2. The second-order valence-electron chi connectivity index (χ2n) is 6.20. The summed E-state index contributed by atoms with van der Waals surface area (Å²) in [5.74, 6) is 0.602. The Labute approximate surface area is 168 Å². The summed E-state index contributed by atoms with van der Waals surface area (Å²) in [6, 6.07) is 14.6. The van der Waals surface area contributed by atoms with Crippen molar-refractivity contribution in [3.8, 4) is 0 Å². The van der Waals surface area contributed by atoms with Crippen LogP contribution in [0.5, 0.6) is 0 Å². The van der Waals surface area contributed by atoms with Crippen molar-refractivity contribution in [3.63, 3.8) is 0 Å². The minimum Gasteiger partial charge on any atom is -0.462 e. The Morgan fingerprint density at radius 2 is 1.86 bits per heavy atom. The van der Waals surface area contributed by atoms with E-state index in [0.29, 0.717) is 34.6 Å². The Morgan fingerprint density at radius 1 is 1.07 bits per heavy atom. The number of halogens is 1. The molecule has 0 saturated carbocycles. The van der Waals surface area contributed by atoms with E-state index in [4.69, 9.17) is 16.3 Å². The molecule has 28 heavy (non-hydrogen) atoms. The lowest BCUT2D eigenvalue weighted by Crippen LogP contribution is -2.09. The van der Waals surface area contributed by atoms with Crippen molar-refractivity contribution in [2.75, 3.05) is 17.2 Å². The lowest BCUT2D eigenvalue weighted by Gasteiger charge is -2.13. The Morgan fingerprint density at radius 3 is 2.61 bits per heavy atom. The zero-order valence-electron chi connectivity index (χ0n) is 15.9. The highest BCUT2D eigenvalue weighted by Crippen LogP contribution is 2.24. The summed E-state index contributed by atoms with van der Waals surface area (Å²) >= 11 is 6.19. The van der Waals surface area contributed by atoms with Gasteiger partial charge in [-0.25, -0.2) is 9.78 Å². The third kappa shape index (κ3) is 4.78. The van der Waals surface area contributed by atoms with Gasteiger partial charge in [0.15, 0.2) is 0 Å². The van der Waals surface area contributed by atoms with Gasteiger partial charge >= 0.3 is 5.97 Å². The molecule has 144 valence electrons. The number of aryl methyl sites for hydroxylation is 2. The molecule has 1 heterocycles. The number of para-hydroxylation sites is 1. The van der Waals surface area contributed by atoms with E-state index < -0.39 is 0 Å². The average molecular weight is 397 g/mol. The molecule has 3 aromatic rings. The Balaban J connectivity index is 1.86. The molecule has 0 aliphatic rings. The topological polar surface area (TPSA) is 76.1 Å². The van der Waals surface area contributed by atoms with Crippen LogP contribution < -0.4 is 10.6 Å². The van der Waals surface area contributed by atoms with Crippen molar-refractivity contribution in [3.05, 3.63) is 70.4 Å². The van der Waals surface area contributed by atoms with Crippen molar-refractivity contribution in [2.45, 2.75) is 20.8 Å². The van der Waals surface area contributed by atoms with Crippen LogP contribution in [0, 0.1) is 13.8 Å². The standard InChI is InChI=1S/C21H21ClN4O2/c1-4-28-20(27)16-7-5-6-8-18(16)25-19-11-14(3)23-21(26-19)24-15-10-9-13(2)17(22)12-15/h5-12H,4H2,1-3H3,(H2,23,24,25,26). The molecule has 0 amide bonds. The minimum atomic E-state index is -0.385. The fraction of sp³-hybridized carbons (Fsp3) is 0.190. The Bertz CT molecular complexity index is 1010. The van der Waals surface area contributed by atoms with Gasteiger partial charge in [0.25, 0.3) is 0 Å². The van der Waals surface area contributed by atoms with E-state index >= 15 is 0 Å². The van der Waals surface area contributed by atoms with Gasteiger partial charge in [0.2, 0.25) is 5.95 Å². The molecule has 2 aromatic carbocycles. The van der Waals surface area contributed by atoms with Gasteiger partial charge in [-0.1, -0.05) is 29.8 Å². The summed E-state index contributed by atoms with van der Waals surface area (Å²) < 4.78 is 5.12. The van der Waals surface area contributed by atoms with Crippen molar-refractivity contribution in [2.24, 2.45) is 0 Å². The van der Waals surface area contributed by atoms with Crippen LogP contribution in [-0.4, -0.2) is 22.5 Å². The molecule has 0 aliphatic carbocycles. The van der Waals surface area contributed by atoms with Crippen LogP contribution in [0.3, 0.4) is 0 Å². The monoisotopic (exact) mass is 396 g/mol. The van der Waals surface area contributed by atoms with E-state index in [1.807, 2.05) is 38.1 Å². The summed E-state index contributed by atoms with van der Waals surface area (Å²) in [5, 5.41) is 7.01. The van der Waals surface area contributed by atoms with Gasteiger partial charge < -0.3 is 15.4 Å². The van der Waals surface area contributed by atoms with Gasteiger partial charge in [-0.2, -0.15) is 4.98 Å². The van der Waals surface area contributed by atoms with Gasteiger partial charge in [0.05, 0.1) is 17.9 Å². The third-order valence-electron chi connectivity index (χ3n) is 3.97. The summed E-state index contributed by atoms with van der Waals surface area (Å²) in [6.45, 7) is 5.90. The maximum Gasteiger partial charge on any atom is 0.340 e. The second-order valence-corrected chi connectivity index (χ2v) is 6.61. The normalized spacial score (nSPS) is 10.4. The van der Waals surface area contributed by atoms with E-state index in [1.54, 1.807) is 31.2 Å². The molecule has 2 N–H and O–H groups in total. The molecular formula is C21H21ClN4O2. The zero-order valence-corrected chi connectivity index (χ0v) is 16.7. The third-order valence-corrected chi connectivity index (χ3v) is 4.37. The highest BCUT2D eigenvalue weighted by Gasteiger charge is 2.13. The molecule has 0 bridgehead atoms. The molecule has 0 saturated heterocycles. The number of benzene rings is 2. The van der Waals surface area contributed by atoms with Crippen LogP contribution in [-0.2, 0) is 4.74 Å². The van der Waals surface area contributed by atoms with Gasteiger partial charge in [-0.05, 0) is 50.6 Å². The van der Waals surface area contributed by atoms with Crippen LogP contribution in [0.2, 0.25) is 5.02 Å². The number of aromatic nitrogens is 2. The van der Waals surface area contributed by atoms with Crippen LogP contribution in [0.25, 0.3) is 0 Å². The van der Waals surface area contributed by atoms with Crippen molar-refractivity contribution >= 4 is 40.7 Å². The number of nitrogens with one attached hydrogen (secondary N) is 2. The summed E-state index contributed by atoms with van der Waals surface area (Å²) in [7, 11) is 0. The van der Waals surface area contributed by atoms with Crippen molar-refractivity contribution in [1.29, 1.82) is 0 Å². The molecule has 0 aliphatic heterocycles. The molecule has 0 radical (unpaired) electrons. The highest BCUT2D eigenvalue weighted by atomic mass is 35.5. The largest absolute Gasteiger partial charge is 0.462 e. The smallest absolute Gasteiger partial charge is 0.340 e. The number of ether oxygens (including phenoxy) is 1. The molecule has 7 heteroatoms. The fourth-order valence-electron chi connectivity index (χ4n) is 2.61. The highest BCUT2D eigenvalue weighted by molar-refractivity contribution is 6.31. The number of hydrogen-bond donors (Lipinski definition) is 2. The molecule has 6 nitrogen and oxygen atoms in total. The molecule has 1 aromatic heterocycles. The van der Waals surface area contributed by atoms with E-state index in [1.165, 1.54) is 0 Å². The average Bonchev–Trinajstić information content (AvgIpc) is 2.65. The predicted octanol–water partition coefficient (Wildman–Crippen LogP) is 5.41. The minimum absolute atomic E-state index is 0.312. The number of carbonyl (C=O) groups excluding carboxylic acids is 1. The summed E-state index contributed by atoms with van der Waals surface area (Å²) in [4.78, 5) is 21.1. The van der Waals surface area contributed by atoms with Crippen LogP contribution in [0.15, 0.2) is 48.5 Å². The quantitative estimate of drug-likeness (QED) is 0.542. The van der Waals surface area contributed by atoms with Gasteiger partial charge in [0, 0.05) is 22.5 Å². The lowest BCUT2D eigenvalue weighted by molar-refractivity contribution is 0.0527. The van der Waals surface area contributed by atoms with Crippen molar-refractivity contribution in [1.82, 2.24) is 9.97 Å². The van der Waals surface area contributed by atoms with Gasteiger partial charge in [-0.3, -0.25) is 0 Å². The Hall–Kier alpha value is -3.12. The molecule has 0 unspecified atom stereocenters. The number of rotatable bonds is 6. The first kappa shape index (κ1) is 19.6. The first-order valence-corrected chi connectivity index (χ1v) is 9.26. The predicted molar refractivity (Wildman–Crippen MR) is 112 cm³/mol. The number of hydrogen-bond acceptors (Lipinski definition) is 6.